The number of rotatable bonds is 4. The maximum absolute atomic E-state index is 11.2. The van der Waals surface area contributed by atoms with Crippen LogP contribution in [0.5, 0.6) is 11.6 Å². The average Bonchev–Trinajstić information content (AvgIpc) is 2.40. The highest BCUT2D eigenvalue weighted by atomic mass is 16.6. The summed E-state index contributed by atoms with van der Waals surface area (Å²) in [7, 11) is 0. The van der Waals surface area contributed by atoms with E-state index in [0.29, 0.717) is 5.56 Å². The lowest BCUT2D eigenvalue weighted by atomic mass is 10.1. The maximum atomic E-state index is 11.2. The van der Waals surface area contributed by atoms with E-state index in [9.17, 15) is 14.9 Å². The lowest BCUT2D eigenvalue weighted by molar-refractivity contribution is -0.385. The van der Waals surface area contributed by atoms with Crippen LogP contribution in [0.4, 0.5) is 5.69 Å². The number of aromatic nitrogens is 1. The topological polar surface area (TPSA) is 103 Å². The summed E-state index contributed by atoms with van der Waals surface area (Å²) >= 11 is 0. The van der Waals surface area contributed by atoms with Crippen molar-refractivity contribution in [3.63, 3.8) is 0 Å². The van der Waals surface area contributed by atoms with Gasteiger partial charge in [0.15, 0.2) is 0 Å². The Balaban J connectivity index is 2.41. The molecule has 0 spiro atoms. The Bertz CT molecular complexity index is 727. The molecule has 108 valence electrons. The van der Waals surface area contributed by atoms with Crippen molar-refractivity contribution in [2.45, 2.75) is 13.8 Å². The van der Waals surface area contributed by atoms with E-state index in [2.05, 4.69) is 4.98 Å². The third-order valence-electron chi connectivity index (χ3n) is 2.88. The molecule has 0 unspecified atom stereocenters. The van der Waals surface area contributed by atoms with Crippen LogP contribution in [0.15, 0.2) is 30.3 Å². The second kappa shape index (κ2) is 5.58. The average molecular weight is 288 g/mol. The smallest absolute Gasteiger partial charge is 0.339 e. The Morgan fingerprint density at radius 2 is 2.00 bits per heavy atom. The first kappa shape index (κ1) is 14.4. The van der Waals surface area contributed by atoms with Gasteiger partial charge in [-0.25, -0.2) is 9.78 Å². The second-order valence-electron chi connectivity index (χ2n) is 4.37. The van der Waals surface area contributed by atoms with Crippen molar-refractivity contribution >= 4 is 11.7 Å². The van der Waals surface area contributed by atoms with Crippen LogP contribution in [0.1, 0.15) is 21.6 Å². The molecule has 0 amide bonds. The summed E-state index contributed by atoms with van der Waals surface area (Å²) in [5.74, 6) is -0.840. The first-order chi connectivity index (χ1) is 9.90. The number of hydrogen-bond donors (Lipinski definition) is 1. The normalized spacial score (nSPS) is 10.2. The molecule has 0 aliphatic rings. The van der Waals surface area contributed by atoms with Crippen LogP contribution in [0.25, 0.3) is 0 Å². The summed E-state index contributed by atoms with van der Waals surface area (Å²) < 4.78 is 5.50. The zero-order chi connectivity index (χ0) is 15.6. The standard InChI is InChI=1S/C14H12N2O5/c1-8-4-3-5-10(14(17)18)13(8)21-12-7-6-11(16(19)20)9(2)15-12/h3-7H,1-2H3,(H,17,18). The van der Waals surface area contributed by atoms with Gasteiger partial charge < -0.3 is 9.84 Å². The minimum Gasteiger partial charge on any atom is -0.478 e. The molecule has 0 aliphatic heterocycles. The van der Waals surface area contributed by atoms with Crippen LogP contribution >= 0.6 is 0 Å². The summed E-state index contributed by atoms with van der Waals surface area (Å²) in [5.41, 5.74) is 0.717. The van der Waals surface area contributed by atoms with Gasteiger partial charge in [-0.05, 0) is 25.5 Å². The summed E-state index contributed by atoms with van der Waals surface area (Å²) in [6.07, 6.45) is 0. The number of para-hydroxylation sites is 1. The van der Waals surface area contributed by atoms with Gasteiger partial charge in [0.05, 0.1) is 4.92 Å². The molecule has 1 aromatic heterocycles. The number of carboxylic acids is 1. The number of aromatic carboxylic acids is 1. The third kappa shape index (κ3) is 2.97. The van der Waals surface area contributed by atoms with Crippen LogP contribution in [-0.4, -0.2) is 21.0 Å². The number of aryl methyl sites for hydroxylation is 2. The zero-order valence-electron chi connectivity index (χ0n) is 11.4. The predicted molar refractivity (Wildman–Crippen MR) is 73.8 cm³/mol. The van der Waals surface area contributed by atoms with Gasteiger partial charge in [-0.1, -0.05) is 12.1 Å². The molecule has 0 radical (unpaired) electrons. The Morgan fingerprint density at radius 1 is 1.29 bits per heavy atom. The predicted octanol–water partition coefficient (Wildman–Crippen LogP) is 3.10. The lowest BCUT2D eigenvalue weighted by Crippen LogP contribution is -2.03. The number of pyridine rings is 1. The van der Waals surface area contributed by atoms with Crippen molar-refractivity contribution < 1.29 is 19.6 Å². The molecule has 21 heavy (non-hydrogen) atoms. The maximum Gasteiger partial charge on any atom is 0.339 e. The molecule has 7 heteroatoms. The Labute approximate surface area is 120 Å². The van der Waals surface area contributed by atoms with Crippen LogP contribution in [-0.2, 0) is 0 Å². The van der Waals surface area contributed by atoms with E-state index in [4.69, 9.17) is 9.84 Å². The fourth-order valence-electron chi connectivity index (χ4n) is 1.84. The van der Waals surface area contributed by atoms with Gasteiger partial charge in [0.25, 0.3) is 5.69 Å². The fraction of sp³-hybridized carbons (Fsp3) is 0.143. The molecule has 0 bridgehead atoms. The van der Waals surface area contributed by atoms with E-state index in [-0.39, 0.29) is 28.6 Å². The first-order valence-electron chi connectivity index (χ1n) is 6.03. The van der Waals surface area contributed by atoms with Crippen LogP contribution < -0.4 is 4.74 Å². The summed E-state index contributed by atoms with van der Waals surface area (Å²) in [5, 5.41) is 19.9. The van der Waals surface area contributed by atoms with Crippen LogP contribution in [0, 0.1) is 24.0 Å². The lowest BCUT2D eigenvalue weighted by Gasteiger charge is -2.11. The van der Waals surface area contributed by atoms with Gasteiger partial charge in [-0.3, -0.25) is 10.1 Å². The summed E-state index contributed by atoms with van der Waals surface area (Å²) in [6, 6.07) is 7.35. The first-order valence-corrected chi connectivity index (χ1v) is 6.03. The molecule has 0 saturated carbocycles. The molecule has 1 aromatic carbocycles. The van der Waals surface area contributed by atoms with E-state index in [1.807, 2.05) is 0 Å². The largest absolute Gasteiger partial charge is 0.478 e. The van der Waals surface area contributed by atoms with Crippen molar-refractivity contribution in [1.82, 2.24) is 4.98 Å². The third-order valence-corrected chi connectivity index (χ3v) is 2.88. The Hall–Kier alpha value is -2.96. The van der Waals surface area contributed by atoms with Crippen molar-refractivity contribution in [2.75, 3.05) is 0 Å². The number of ether oxygens (including phenoxy) is 1. The number of carboxylic acid groups (broad SMARTS) is 1. The van der Waals surface area contributed by atoms with Gasteiger partial charge in [-0.2, -0.15) is 0 Å². The molecule has 1 heterocycles. The van der Waals surface area contributed by atoms with E-state index in [0.717, 1.165) is 0 Å². The summed E-state index contributed by atoms with van der Waals surface area (Å²) in [4.78, 5) is 25.4. The zero-order valence-corrected chi connectivity index (χ0v) is 11.4. The highest BCUT2D eigenvalue weighted by Crippen LogP contribution is 2.29. The number of hydrogen-bond acceptors (Lipinski definition) is 5. The van der Waals surface area contributed by atoms with E-state index in [1.165, 1.54) is 25.1 Å². The van der Waals surface area contributed by atoms with Crippen molar-refractivity contribution in [2.24, 2.45) is 0 Å². The molecule has 0 fully saturated rings. The van der Waals surface area contributed by atoms with E-state index in [1.54, 1.807) is 19.1 Å². The summed E-state index contributed by atoms with van der Waals surface area (Å²) in [6.45, 7) is 3.20. The van der Waals surface area contributed by atoms with E-state index < -0.39 is 10.9 Å². The SMILES string of the molecule is Cc1cccc(C(=O)O)c1Oc1ccc([N+](=O)[O-])c(C)n1. The minimum atomic E-state index is -1.12. The molecule has 7 nitrogen and oxygen atoms in total. The van der Waals surface area contributed by atoms with Crippen LogP contribution in [0.3, 0.4) is 0 Å². The molecule has 2 rings (SSSR count). The number of benzene rings is 1. The molecular formula is C14H12N2O5. The number of nitro groups is 1. The van der Waals surface area contributed by atoms with Gasteiger partial charge in [-0.15, -0.1) is 0 Å². The van der Waals surface area contributed by atoms with Crippen molar-refractivity contribution in [3.05, 3.63) is 57.3 Å². The number of nitrogens with zero attached hydrogens (tertiary/aromatic N) is 2. The Kier molecular flexibility index (Phi) is 3.84. The number of carbonyl (C=O) groups is 1. The fourth-order valence-corrected chi connectivity index (χ4v) is 1.84. The molecule has 2 aromatic rings. The second-order valence-corrected chi connectivity index (χ2v) is 4.37. The molecule has 0 atom stereocenters. The Morgan fingerprint density at radius 3 is 2.57 bits per heavy atom. The highest BCUT2D eigenvalue weighted by Gasteiger charge is 2.17. The van der Waals surface area contributed by atoms with Crippen molar-refractivity contribution in [1.29, 1.82) is 0 Å². The highest BCUT2D eigenvalue weighted by molar-refractivity contribution is 5.91. The monoisotopic (exact) mass is 288 g/mol. The van der Waals surface area contributed by atoms with Crippen molar-refractivity contribution in [3.8, 4) is 11.6 Å². The van der Waals surface area contributed by atoms with Gasteiger partial charge >= 0.3 is 5.97 Å². The molecular weight excluding hydrogens is 276 g/mol. The minimum absolute atomic E-state index is 0.00723. The molecule has 0 aliphatic carbocycles. The van der Waals surface area contributed by atoms with Crippen LogP contribution in [0.2, 0.25) is 0 Å². The van der Waals surface area contributed by atoms with Gasteiger partial charge in [0.2, 0.25) is 5.88 Å². The molecule has 0 saturated heterocycles. The van der Waals surface area contributed by atoms with E-state index >= 15 is 0 Å². The molecule has 1 N–H and O–H groups in total. The van der Waals surface area contributed by atoms with Gasteiger partial charge in [0.1, 0.15) is 17.0 Å². The van der Waals surface area contributed by atoms with Gasteiger partial charge in [0, 0.05) is 12.1 Å². The quantitative estimate of drug-likeness (QED) is 0.685.